The molecule has 1 amide bonds. The van der Waals surface area contributed by atoms with E-state index in [1.807, 2.05) is 0 Å². The fourth-order valence-corrected chi connectivity index (χ4v) is 4.21. The van der Waals surface area contributed by atoms with Gasteiger partial charge in [0.25, 0.3) is 0 Å². The second-order valence-corrected chi connectivity index (χ2v) is 11.2. The minimum atomic E-state index is -1.58. The number of aromatic nitrogens is 1. The monoisotopic (exact) mass is 528 g/mol. The number of carbonyl (C=O) groups is 5. The molecule has 196 valence electrons. The summed E-state index contributed by atoms with van der Waals surface area (Å²) in [6.07, 6.45) is -0.970. The number of hydrogen-bond acceptors (Lipinski definition) is 8. The third-order valence-corrected chi connectivity index (χ3v) is 5.99. The van der Waals surface area contributed by atoms with Gasteiger partial charge in [0.1, 0.15) is 17.2 Å². The van der Waals surface area contributed by atoms with Crippen LogP contribution in [0, 0.1) is 5.41 Å². The molecule has 1 aromatic heterocycles. The van der Waals surface area contributed by atoms with Crippen molar-refractivity contribution in [2.24, 2.45) is 5.41 Å². The Morgan fingerprint density at radius 3 is 2.32 bits per heavy atom. The molecule has 2 aromatic rings. The first-order chi connectivity index (χ1) is 17.0. The molecule has 0 aliphatic heterocycles. The highest BCUT2D eigenvalue weighted by Crippen LogP contribution is 2.38. The van der Waals surface area contributed by atoms with Crippen molar-refractivity contribution >= 4 is 46.5 Å². The van der Waals surface area contributed by atoms with Gasteiger partial charge in [-0.1, -0.05) is 56.6 Å². The van der Waals surface area contributed by atoms with Crippen molar-refractivity contribution in [1.29, 1.82) is 0 Å². The zero-order valence-corrected chi connectivity index (χ0v) is 22.2. The Hall–Kier alpha value is -3.43. The van der Waals surface area contributed by atoms with Gasteiger partial charge >= 0.3 is 5.97 Å². The topological polar surface area (TPSA) is 140 Å². The summed E-state index contributed by atoms with van der Waals surface area (Å²) in [6.45, 7) is 9.98. The van der Waals surface area contributed by atoms with Crippen molar-refractivity contribution in [1.82, 2.24) is 4.98 Å². The molecule has 9 nitrogen and oxygen atoms in total. The van der Waals surface area contributed by atoms with Crippen LogP contribution in [0.5, 0.6) is 0 Å². The lowest BCUT2D eigenvalue weighted by Gasteiger charge is -2.24. The fourth-order valence-electron chi connectivity index (χ4n) is 3.90. The first kappa shape index (κ1) is 28.1. The lowest BCUT2D eigenvalue weighted by atomic mass is 9.86. The van der Waals surface area contributed by atoms with Gasteiger partial charge in [-0.3, -0.25) is 29.0 Å². The van der Waals surface area contributed by atoms with Gasteiger partial charge in [0, 0.05) is 16.5 Å². The summed E-state index contributed by atoms with van der Waals surface area (Å²) in [5.41, 5.74) is -1.70. The SMILES string of the molecule is CC(C)(C)OC(=O)CC(O)c1c(C(=O)C(C)(C)C)ncc(NC(=O)C2C(=O)C(=O)c3ccccc32)c1Cl. The number of ether oxygens (including phenoxy) is 1. The lowest BCUT2D eigenvalue weighted by Crippen LogP contribution is -2.28. The summed E-state index contributed by atoms with van der Waals surface area (Å²) in [5.74, 6) is -5.03. The number of aliphatic hydroxyl groups excluding tert-OH is 1. The number of Topliss-reactive ketones (excluding diaryl/α,β-unsaturated/α-hetero) is 3. The molecule has 37 heavy (non-hydrogen) atoms. The van der Waals surface area contributed by atoms with Gasteiger partial charge in [-0.2, -0.15) is 0 Å². The zero-order valence-electron chi connectivity index (χ0n) is 21.5. The fraction of sp³-hybridized carbons (Fsp3) is 0.407. The van der Waals surface area contributed by atoms with E-state index >= 15 is 0 Å². The molecule has 2 unspecified atom stereocenters. The van der Waals surface area contributed by atoms with E-state index in [4.69, 9.17) is 16.3 Å². The number of amides is 1. The minimum absolute atomic E-state index is 0.0972. The maximum atomic E-state index is 13.1. The lowest BCUT2D eigenvalue weighted by molar-refractivity contribution is -0.157. The average Bonchev–Trinajstić information content (AvgIpc) is 3.02. The number of nitrogens with one attached hydrogen (secondary N) is 1. The maximum absolute atomic E-state index is 13.1. The first-order valence-electron chi connectivity index (χ1n) is 11.6. The Kier molecular flexibility index (Phi) is 7.72. The Balaban J connectivity index is 2.00. The van der Waals surface area contributed by atoms with E-state index in [1.54, 1.807) is 53.7 Å². The Labute approximate surface area is 219 Å². The van der Waals surface area contributed by atoms with Gasteiger partial charge in [0.15, 0.2) is 5.78 Å². The first-order valence-corrected chi connectivity index (χ1v) is 12.0. The van der Waals surface area contributed by atoms with Crippen molar-refractivity contribution < 1.29 is 33.8 Å². The van der Waals surface area contributed by atoms with Crippen molar-refractivity contribution in [2.75, 3.05) is 5.32 Å². The molecule has 2 atom stereocenters. The van der Waals surface area contributed by atoms with Crippen LogP contribution in [-0.2, 0) is 19.1 Å². The highest BCUT2D eigenvalue weighted by Gasteiger charge is 2.43. The predicted molar refractivity (Wildman–Crippen MR) is 136 cm³/mol. The van der Waals surface area contributed by atoms with Crippen LogP contribution in [0.3, 0.4) is 0 Å². The van der Waals surface area contributed by atoms with Gasteiger partial charge in [-0.25, -0.2) is 0 Å². The van der Waals surface area contributed by atoms with Gasteiger partial charge in [0.2, 0.25) is 17.5 Å². The van der Waals surface area contributed by atoms with Crippen LogP contribution in [0.15, 0.2) is 30.5 Å². The van der Waals surface area contributed by atoms with E-state index in [2.05, 4.69) is 10.3 Å². The Morgan fingerprint density at radius 2 is 1.73 bits per heavy atom. The Morgan fingerprint density at radius 1 is 1.11 bits per heavy atom. The number of benzene rings is 1. The second-order valence-electron chi connectivity index (χ2n) is 10.8. The number of nitrogens with zero attached hydrogens (tertiary/aromatic N) is 1. The van der Waals surface area contributed by atoms with Crippen LogP contribution in [-0.4, -0.2) is 44.9 Å². The Bertz CT molecular complexity index is 1300. The van der Waals surface area contributed by atoms with E-state index in [0.717, 1.165) is 6.20 Å². The van der Waals surface area contributed by atoms with E-state index in [0.29, 0.717) is 0 Å². The van der Waals surface area contributed by atoms with Crippen LogP contribution in [0.4, 0.5) is 5.69 Å². The highest BCUT2D eigenvalue weighted by molar-refractivity contribution is 6.52. The molecule has 2 N–H and O–H groups in total. The number of halogens is 1. The number of fused-ring (bicyclic) bond motifs is 1. The van der Waals surface area contributed by atoms with Crippen LogP contribution in [0.25, 0.3) is 0 Å². The number of aliphatic hydroxyl groups is 1. The third kappa shape index (κ3) is 5.94. The van der Waals surface area contributed by atoms with E-state index < -0.39 is 58.7 Å². The van der Waals surface area contributed by atoms with Crippen LogP contribution >= 0.6 is 11.6 Å². The number of pyridine rings is 1. The molecule has 1 aliphatic carbocycles. The van der Waals surface area contributed by atoms with Gasteiger partial charge in [-0.15, -0.1) is 0 Å². The van der Waals surface area contributed by atoms with Crippen LogP contribution in [0.1, 0.15) is 92.0 Å². The highest BCUT2D eigenvalue weighted by atomic mass is 35.5. The predicted octanol–water partition coefficient (Wildman–Crippen LogP) is 4.22. The molecule has 0 saturated heterocycles. The van der Waals surface area contributed by atoms with Crippen LogP contribution < -0.4 is 5.32 Å². The molecule has 0 bridgehead atoms. The number of carbonyl (C=O) groups excluding carboxylic acids is 5. The molecule has 0 fully saturated rings. The molecule has 1 aromatic carbocycles. The molecule has 0 radical (unpaired) electrons. The van der Waals surface area contributed by atoms with Crippen molar-refractivity contribution in [3.05, 3.63) is 57.9 Å². The van der Waals surface area contributed by atoms with Crippen LogP contribution in [0.2, 0.25) is 5.02 Å². The van der Waals surface area contributed by atoms with Gasteiger partial charge < -0.3 is 15.2 Å². The summed E-state index contributed by atoms with van der Waals surface area (Å²) in [6, 6.07) is 6.19. The molecule has 0 saturated carbocycles. The summed E-state index contributed by atoms with van der Waals surface area (Å²) in [4.78, 5) is 67.6. The summed E-state index contributed by atoms with van der Waals surface area (Å²) < 4.78 is 5.27. The van der Waals surface area contributed by atoms with Gasteiger partial charge in [0.05, 0.1) is 29.4 Å². The van der Waals surface area contributed by atoms with E-state index in [1.165, 1.54) is 12.1 Å². The molecule has 1 heterocycles. The smallest absolute Gasteiger partial charge is 0.309 e. The number of ketones is 3. The summed E-state index contributed by atoms with van der Waals surface area (Å²) in [5, 5.41) is 13.2. The molecule has 1 aliphatic rings. The number of esters is 1. The molecule has 0 spiro atoms. The number of rotatable bonds is 6. The maximum Gasteiger partial charge on any atom is 0.309 e. The average molecular weight is 529 g/mol. The van der Waals surface area contributed by atoms with Gasteiger partial charge in [-0.05, 0) is 26.3 Å². The molecular formula is C27H29ClN2O7. The normalized spacial score (nSPS) is 16.3. The van der Waals surface area contributed by atoms with Crippen molar-refractivity contribution in [2.45, 2.75) is 65.6 Å². The standard InChI is InChI=1S/C27H29ClN2O7/c1-26(2,3)24(35)21-19(16(31)11-17(32)37-27(4,5)6)20(28)15(12-29-21)30-25(36)18-13-9-7-8-10-14(13)22(33)23(18)34/h7-10,12,16,18,31H,11H2,1-6H3,(H,30,36). The number of anilines is 1. The van der Waals surface area contributed by atoms with E-state index in [9.17, 15) is 29.1 Å². The largest absolute Gasteiger partial charge is 0.460 e. The summed E-state index contributed by atoms with van der Waals surface area (Å²) >= 11 is 6.56. The molecule has 3 rings (SSSR count). The van der Waals surface area contributed by atoms with E-state index in [-0.39, 0.29) is 33.1 Å². The number of hydrogen-bond donors (Lipinski definition) is 2. The third-order valence-electron chi connectivity index (χ3n) is 5.58. The molecular weight excluding hydrogens is 500 g/mol. The summed E-state index contributed by atoms with van der Waals surface area (Å²) in [7, 11) is 0. The minimum Gasteiger partial charge on any atom is -0.460 e. The van der Waals surface area contributed by atoms with Crippen molar-refractivity contribution in [3.63, 3.8) is 0 Å². The quantitative estimate of drug-likeness (QED) is 0.246. The molecule has 10 heteroatoms. The van der Waals surface area contributed by atoms with Crippen molar-refractivity contribution in [3.8, 4) is 0 Å². The zero-order chi connectivity index (χ0) is 27.9. The second kappa shape index (κ2) is 10.1.